The van der Waals surface area contributed by atoms with E-state index in [2.05, 4.69) is 10.1 Å². The monoisotopic (exact) mass is 363 g/mol. The number of carbonyl (C=O) groups excluding carboxylic acids is 1. The fourth-order valence-electron chi connectivity index (χ4n) is 2.29. The number of ether oxygens (including phenoxy) is 3. The number of benzene rings is 2. The topological polar surface area (TPSA) is 56.8 Å². The molecule has 2 rings (SSSR count). The van der Waals surface area contributed by atoms with Crippen molar-refractivity contribution < 1.29 is 27.8 Å². The first-order valence-electron chi connectivity index (χ1n) is 7.72. The molecule has 1 amide bonds. The molecule has 0 aliphatic heterocycles. The smallest absolute Gasteiger partial charge is 0.387 e. The Morgan fingerprint density at radius 1 is 1.19 bits per heavy atom. The van der Waals surface area contributed by atoms with Crippen LogP contribution in [-0.4, -0.2) is 26.7 Å². The van der Waals surface area contributed by atoms with Crippen LogP contribution in [0.15, 0.2) is 48.5 Å². The maximum Gasteiger partial charge on any atom is 0.387 e. The zero-order chi connectivity index (χ0) is 18.9. The fraction of sp³-hybridized carbons (Fsp3) is 0.211. The van der Waals surface area contributed by atoms with E-state index in [1.165, 1.54) is 25.3 Å². The van der Waals surface area contributed by atoms with Crippen molar-refractivity contribution in [1.82, 2.24) is 0 Å². The molecule has 2 aromatic rings. The van der Waals surface area contributed by atoms with Crippen molar-refractivity contribution >= 4 is 17.7 Å². The number of halogens is 2. The Hall–Kier alpha value is -2.93. The number of hydrogen-bond donors (Lipinski definition) is 1. The molecule has 26 heavy (non-hydrogen) atoms. The zero-order valence-corrected chi connectivity index (χ0v) is 14.4. The van der Waals surface area contributed by atoms with Crippen molar-refractivity contribution in [3.05, 3.63) is 59.7 Å². The fourth-order valence-corrected chi connectivity index (χ4v) is 2.29. The van der Waals surface area contributed by atoms with Crippen LogP contribution in [-0.2, 0) is 16.1 Å². The van der Waals surface area contributed by atoms with Crippen molar-refractivity contribution in [1.29, 1.82) is 0 Å². The van der Waals surface area contributed by atoms with Crippen molar-refractivity contribution in [2.45, 2.75) is 13.2 Å². The second-order valence-corrected chi connectivity index (χ2v) is 5.21. The molecule has 0 bridgehead atoms. The lowest BCUT2D eigenvalue weighted by atomic mass is 10.1. The highest BCUT2D eigenvalue weighted by atomic mass is 19.3. The lowest BCUT2D eigenvalue weighted by molar-refractivity contribution is -0.111. The second kappa shape index (κ2) is 9.53. The molecular weight excluding hydrogens is 344 g/mol. The summed E-state index contributed by atoms with van der Waals surface area (Å²) < 4.78 is 39.8. The molecule has 2 aromatic carbocycles. The molecule has 1 N–H and O–H groups in total. The number of hydrogen-bond acceptors (Lipinski definition) is 4. The minimum atomic E-state index is -3.00. The second-order valence-electron chi connectivity index (χ2n) is 5.21. The van der Waals surface area contributed by atoms with E-state index in [-0.39, 0.29) is 11.5 Å². The first kappa shape index (κ1) is 19.4. The number of amides is 1. The van der Waals surface area contributed by atoms with Crippen LogP contribution < -0.4 is 14.8 Å². The van der Waals surface area contributed by atoms with Gasteiger partial charge in [0.25, 0.3) is 0 Å². The third-order valence-corrected chi connectivity index (χ3v) is 3.36. The van der Waals surface area contributed by atoms with Crippen LogP contribution >= 0.6 is 0 Å². The summed E-state index contributed by atoms with van der Waals surface area (Å²) in [4.78, 5) is 12.1. The van der Waals surface area contributed by atoms with Gasteiger partial charge in [0.05, 0.1) is 13.7 Å². The first-order chi connectivity index (χ1) is 12.5. The van der Waals surface area contributed by atoms with E-state index in [0.717, 1.165) is 5.56 Å². The average molecular weight is 363 g/mol. The maximum atomic E-state index is 12.6. The molecule has 0 spiro atoms. The Morgan fingerprint density at radius 2 is 1.96 bits per heavy atom. The van der Waals surface area contributed by atoms with Crippen LogP contribution in [0.4, 0.5) is 14.5 Å². The quantitative estimate of drug-likeness (QED) is 0.718. The number of anilines is 1. The van der Waals surface area contributed by atoms with Gasteiger partial charge in [-0.1, -0.05) is 24.3 Å². The van der Waals surface area contributed by atoms with Crippen LogP contribution in [0, 0.1) is 0 Å². The zero-order valence-electron chi connectivity index (χ0n) is 14.4. The highest BCUT2D eigenvalue weighted by Crippen LogP contribution is 2.33. The number of methoxy groups -OCH3 is 2. The summed E-state index contributed by atoms with van der Waals surface area (Å²) in [5, 5.41) is 2.70. The van der Waals surface area contributed by atoms with Crippen molar-refractivity contribution in [2.24, 2.45) is 0 Å². The highest BCUT2D eigenvalue weighted by molar-refractivity contribution is 6.02. The van der Waals surface area contributed by atoms with Gasteiger partial charge < -0.3 is 19.5 Å². The third kappa shape index (κ3) is 5.56. The molecular formula is C19H19F2NO4. The Labute approximate surface area is 150 Å². The number of alkyl halides is 2. The van der Waals surface area contributed by atoms with Gasteiger partial charge in [-0.05, 0) is 29.8 Å². The lowest BCUT2D eigenvalue weighted by Crippen LogP contribution is -2.08. The molecule has 0 heterocycles. The Kier molecular flexibility index (Phi) is 7.11. The summed E-state index contributed by atoms with van der Waals surface area (Å²) in [5.74, 6) is -0.387. The molecule has 0 aliphatic rings. The molecule has 0 saturated carbocycles. The summed E-state index contributed by atoms with van der Waals surface area (Å²) >= 11 is 0. The molecule has 0 radical (unpaired) electrons. The van der Waals surface area contributed by atoms with E-state index in [0.29, 0.717) is 17.9 Å². The van der Waals surface area contributed by atoms with Gasteiger partial charge in [0.1, 0.15) is 0 Å². The normalized spacial score (nSPS) is 11.0. The van der Waals surface area contributed by atoms with Gasteiger partial charge in [0.2, 0.25) is 5.91 Å². The number of carbonyl (C=O) groups is 1. The average Bonchev–Trinajstić information content (AvgIpc) is 2.61. The summed E-state index contributed by atoms with van der Waals surface area (Å²) in [6.07, 6.45) is 2.62. The molecule has 0 unspecified atom stereocenters. The van der Waals surface area contributed by atoms with E-state index >= 15 is 0 Å². The molecule has 5 nitrogen and oxygen atoms in total. The number of nitrogens with one attached hydrogen (secondary N) is 1. The standard InChI is InChI=1S/C19H19F2NO4/c1-24-12-13-5-3-7-15(11-13)22-17(23)10-9-14-6-4-8-16(25-2)18(14)26-19(20)21/h3-11,19H,12H2,1-2H3,(H,22,23)/b10-9+. The van der Waals surface area contributed by atoms with Crippen LogP contribution in [0.2, 0.25) is 0 Å². The van der Waals surface area contributed by atoms with Gasteiger partial charge in [0, 0.05) is 24.4 Å². The van der Waals surface area contributed by atoms with E-state index in [9.17, 15) is 13.6 Å². The Morgan fingerprint density at radius 3 is 2.65 bits per heavy atom. The Bertz CT molecular complexity index is 778. The van der Waals surface area contributed by atoms with Gasteiger partial charge in [0.15, 0.2) is 11.5 Å². The summed E-state index contributed by atoms with van der Waals surface area (Å²) in [6, 6.07) is 11.8. The number of para-hydroxylation sites is 1. The van der Waals surface area contributed by atoms with Crippen LogP contribution in [0.5, 0.6) is 11.5 Å². The van der Waals surface area contributed by atoms with Gasteiger partial charge in [-0.25, -0.2) is 0 Å². The van der Waals surface area contributed by atoms with Gasteiger partial charge in [-0.2, -0.15) is 8.78 Å². The SMILES string of the molecule is COCc1cccc(NC(=O)/C=C/c2cccc(OC)c2OC(F)F)c1. The summed E-state index contributed by atoms with van der Waals surface area (Å²) in [6.45, 7) is -2.58. The summed E-state index contributed by atoms with van der Waals surface area (Å²) in [5.41, 5.74) is 1.81. The van der Waals surface area contributed by atoms with Crippen LogP contribution in [0.1, 0.15) is 11.1 Å². The van der Waals surface area contributed by atoms with E-state index in [4.69, 9.17) is 9.47 Å². The van der Waals surface area contributed by atoms with Crippen molar-refractivity contribution in [3.63, 3.8) is 0 Å². The molecule has 0 atom stereocenters. The lowest BCUT2D eigenvalue weighted by Gasteiger charge is -2.12. The van der Waals surface area contributed by atoms with Crippen LogP contribution in [0.25, 0.3) is 6.08 Å². The predicted molar refractivity (Wildman–Crippen MR) is 94.4 cm³/mol. The van der Waals surface area contributed by atoms with Crippen LogP contribution in [0.3, 0.4) is 0 Å². The number of rotatable bonds is 8. The van der Waals surface area contributed by atoms with Gasteiger partial charge >= 0.3 is 6.61 Å². The highest BCUT2D eigenvalue weighted by Gasteiger charge is 2.14. The summed E-state index contributed by atoms with van der Waals surface area (Å²) in [7, 11) is 2.93. The van der Waals surface area contributed by atoms with Gasteiger partial charge in [-0.15, -0.1) is 0 Å². The molecule has 0 fully saturated rings. The predicted octanol–water partition coefficient (Wildman–Crippen LogP) is 4.09. The Balaban J connectivity index is 2.14. The van der Waals surface area contributed by atoms with Crippen molar-refractivity contribution in [2.75, 3.05) is 19.5 Å². The third-order valence-electron chi connectivity index (χ3n) is 3.36. The van der Waals surface area contributed by atoms with Gasteiger partial charge in [-0.3, -0.25) is 4.79 Å². The molecule has 0 saturated heterocycles. The first-order valence-corrected chi connectivity index (χ1v) is 7.72. The van der Waals surface area contributed by atoms with E-state index < -0.39 is 12.5 Å². The molecule has 138 valence electrons. The molecule has 7 heteroatoms. The minimum absolute atomic E-state index is 0.129. The molecule has 0 aromatic heterocycles. The minimum Gasteiger partial charge on any atom is -0.493 e. The largest absolute Gasteiger partial charge is 0.493 e. The van der Waals surface area contributed by atoms with Crippen molar-refractivity contribution in [3.8, 4) is 11.5 Å². The maximum absolute atomic E-state index is 12.6. The van der Waals surface area contributed by atoms with E-state index in [1.54, 1.807) is 37.4 Å². The molecule has 0 aliphatic carbocycles. The van der Waals surface area contributed by atoms with E-state index in [1.807, 2.05) is 6.07 Å².